The van der Waals surface area contributed by atoms with Gasteiger partial charge >= 0.3 is 5.97 Å². The van der Waals surface area contributed by atoms with E-state index < -0.39 is 5.97 Å². The lowest BCUT2D eigenvalue weighted by Crippen LogP contribution is -1.97. The molecule has 0 amide bonds. The molecule has 0 unspecified atom stereocenters. The molecule has 0 fully saturated rings. The highest BCUT2D eigenvalue weighted by Crippen LogP contribution is 2.34. The van der Waals surface area contributed by atoms with Crippen LogP contribution in [0.4, 0.5) is 0 Å². The Morgan fingerprint density at radius 3 is 2.46 bits per heavy atom. The molecule has 28 heavy (non-hydrogen) atoms. The Labute approximate surface area is 161 Å². The number of carboxylic acids is 1. The monoisotopic (exact) mass is 375 g/mol. The van der Waals surface area contributed by atoms with Crippen LogP contribution in [-0.2, 0) is 4.79 Å². The van der Waals surface area contributed by atoms with Crippen LogP contribution in [0.1, 0.15) is 5.56 Å². The van der Waals surface area contributed by atoms with E-state index in [9.17, 15) is 9.90 Å². The zero-order chi connectivity index (χ0) is 20.1. The maximum absolute atomic E-state index is 11.3. The topological polar surface area (TPSA) is 97.4 Å². The molecule has 0 bridgehead atoms. The van der Waals surface area contributed by atoms with Crippen LogP contribution in [0, 0.1) is 11.3 Å². The van der Waals surface area contributed by atoms with E-state index >= 15 is 0 Å². The van der Waals surface area contributed by atoms with Gasteiger partial charge in [-0.25, -0.2) is 9.48 Å². The SMILES string of the molecule is COc1ccc(-c2nn(-c3ccccc3)cc2/C=C(\C#N)C(=O)O)cc1OC. The summed E-state index contributed by atoms with van der Waals surface area (Å²) in [7, 11) is 3.07. The van der Waals surface area contributed by atoms with E-state index in [1.54, 1.807) is 42.3 Å². The lowest BCUT2D eigenvalue weighted by molar-refractivity contribution is -0.132. The Balaban J connectivity index is 2.20. The van der Waals surface area contributed by atoms with Gasteiger partial charge in [0.05, 0.1) is 19.9 Å². The molecule has 3 aromatic rings. The first-order chi connectivity index (χ1) is 13.6. The molecule has 7 heteroatoms. The number of para-hydroxylation sites is 1. The molecule has 140 valence electrons. The van der Waals surface area contributed by atoms with Crippen LogP contribution in [-0.4, -0.2) is 35.1 Å². The van der Waals surface area contributed by atoms with E-state index in [-0.39, 0.29) is 5.57 Å². The first-order valence-electron chi connectivity index (χ1n) is 8.30. The van der Waals surface area contributed by atoms with Crippen LogP contribution in [0.5, 0.6) is 11.5 Å². The fourth-order valence-corrected chi connectivity index (χ4v) is 2.71. The van der Waals surface area contributed by atoms with Crippen molar-refractivity contribution in [3.05, 3.63) is 65.9 Å². The molecular weight excluding hydrogens is 358 g/mol. The van der Waals surface area contributed by atoms with Crippen molar-refractivity contribution in [2.75, 3.05) is 14.2 Å². The quantitative estimate of drug-likeness (QED) is 0.523. The van der Waals surface area contributed by atoms with E-state index in [4.69, 9.17) is 14.7 Å². The Kier molecular flexibility index (Phi) is 5.42. The second-order valence-corrected chi connectivity index (χ2v) is 5.76. The van der Waals surface area contributed by atoms with E-state index in [0.29, 0.717) is 28.3 Å². The van der Waals surface area contributed by atoms with Crippen molar-refractivity contribution in [3.8, 4) is 34.5 Å². The third-order valence-corrected chi connectivity index (χ3v) is 4.07. The summed E-state index contributed by atoms with van der Waals surface area (Å²) in [4.78, 5) is 11.3. The van der Waals surface area contributed by atoms with Crippen molar-refractivity contribution in [2.45, 2.75) is 0 Å². The summed E-state index contributed by atoms with van der Waals surface area (Å²) in [6.07, 6.45) is 2.99. The van der Waals surface area contributed by atoms with Gasteiger partial charge in [0, 0.05) is 17.3 Å². The zero-order valence-corrected chi connectivity index (χ0v) is 15.3. The molecule has 0 aliphatic rings. The number of aromatic nitrogens is 2. The molecule has 1 aromatic heterocycles. The fraction of sp³-hybridized carbons (Fsp3) is 0.0952. The molecule has 0 aliphatic heterocycles. The van der Waals surface area contributed by atoms with Crippen molar-refractivity contribution >= 4 is 12.0 Å². The molecule has 0 saturated heterocycles. The van der Waals surface area contributed by atoms with Crippen LogP contribution in [0.15, 0.2) is 60.3 Å². The lowest BCUT2D eigenvalue weighted by atomic mass is 10.1. The standard InChI is InChI=1S/C21H17N3O4/c1-27-18-9-8-14(11-19(18)28-2)20-16(10-15(12-22)21(25)26)13-24(23-20)17-6-4-3-5-7-17/h3-11,13H,1-2H3,(H,25,26)/b15-10+. The molecule has 2 aromatic carbocycles. The van der Waals surface area contributed by atoms with Gasteiger partial charge in [0.15, 0.2) is 11.5 Å². The molecule has 1 heterocycles. The average Bonchev–Trinajstić information content (AvgIpc) is 3.15. The Bertz CT molecular complexity index is 1080. The normalized spacial score (nSPS) is 11.0. The van der Waals surface area contributed by atoms with Crippen LogP contribution < -0.4 is 9.47 Å². The third-order valence-electron chi connectivity index (χ3n) is 4.07. The van der Waals surface area contributed by atoms with Gasteiger partial charge < -0.3 is 14.6 Å². The summed E-state index contributed by atoms with van der Waals surface area (Å²) in [5.41, 5.74) is 2.13. The largest absolute Gasteiger partial charge is 0.493 e. The predicted molar refractivity (Wildman–Crippen MR) is 103 cm³/mol. The predicted octanol–water partition coefficient (Wildman–Crippen LogP) is 3.55. The van der Waals surface area contributed by atoms with Crippen molar-refractivity contribution in [1.82, 2.24) is 9.78 Å². The second kappa shape index (κ2) is 8.10. The summed E-state index contributed by atoms with van der Waals surface area (Å²) in [6.45, 7) is 0. The number of hydrogen-bond donors (Lipinski definition) is 1. The van der Waals surface area contributed by atoms with Crippen LogP contribution in [0.2, 0.25) is 0 Å². The Morgan fingerprint density at radius 1 is 1.14 bits per heavy atom. The van der Waals surface area contributed by atoms with Gasteiger partial charge in [-0.3, -0.25) is 0 Å². The minimum absolute atomic E-state index is 0.380. The number of carboxylic acid groups (broad SMARTS) is 1. The molecular formula is C21H17N3O4. The first kappa shape index (κ1) is 18.7. The lowest BCUT2D eigenvalue weighted by Gasteiger charge is -2.09. The van der Waals surface area contributed by atoms with E-state index in [1.165, 1.54) is 13.2 Å². The maximum Gasteiger partial charge on any atom is 0.346 e. The highest BCUT2D eigenvalue weighted by atomic mass is 16.5. The highest BCUT2D eigenvalue weighted by Gasteiger charge is 2.16. The molecule has 3 rings (SSSR count). The van der Waals surface area contributed by atoms with E-state index in [0.717, 1.165) is 5.69 Å². The zero-order valence-electron chi connectivity index (χ0n) is 15.3. The van der Waals surface area contributed by atoms with Gasteiger partial charge in [0.1, 0.15) is 17.3 Å². The fourth-order valence-electron chi connectivity index (χ4n) is 2.71. The summed E-state index contributed by atoms with van der Waals surface area (Å²) >= 11 is 0. The number of nitrogens with zero attached hydrogens (tertiary/aromatic N) is 3. The molecule has 0 saturated carbocycles. The van der Waals surface area contributed by atoms with E-state index in [2.05, 4.69) is 5.10 Å². The van der Waals surface area contributed by atoms with Gasteiger partial charge in [-0.15, -0.1) is 0 Å². The molecule has 0 spiro atoms. The van der Waals surface area contributed by atoms with Gasteiger partial charge in [-0.05, 0) is 36.4 Å². The highest BCUT2D eigenvalue weighted by molar-refractivity contribution is 5.97. The summed E-state index contributed by atoms with van der Waals surface area (Å²) < 4.78 is 12.2. The summed E-state index contributed by atoms with van der Waals surface area (Å²) in [5, 5.41) is 22.9. The smallest absolute Gasteiger partial charge is 0.346 e. The number of hydrogen-bond acceptors (Lipinski definition) is 5. The van der Waals surface area contributed by atoms with Crippen molar-refractivity contribution < 1.29 is 19.4 Å². The van der Waals surface area contributed by atoms with Crippen molar-refractivity contribution in [1.29, 1.82) is 5.26 Å². The average molecular weight is 375 g/mol. The van der Waals surface area contributed by atoms with Crippen LogP contribution >= 0.6 is 0 Å². The van der Waals surface area contributed by atoms with Gasteiger partial charge in [0.2, 0.25) is 0 Å². The number of aliphatic carboxylic acids is 1. The second-order valence-electron chi connectivity index (χ2n) is 5.76. The van der Waals surface area contributed by atoms with Gasteiger partial charge in [-0.2, -0.15) is 10.4 Å². The number of benzene rings is 2. The maximum atomic E-state index is 11.3. The molecule has 0 aliphatic carbocycles. The van der Waals surface area contributed by atoms with Gasteiger partial charge in [-0.1, -0.05) is 18.2 Å². The Hall–Kier alpha value is -4.05. The first-order valence-corrected chi connectivity index (χ1v) is 8.30. The van der Waals surface area contributed by atoms with Gasteiger partial charge in [0.25, 0.3) is 0 Å². The Morgan fingerprint density at radius 2 is 1.86 bits per heavy atom. The number of methoxy groups -OCH3 is 2. The molecule has 0 atom stereocenters. The minimum Gasteiger partial charge on any atom is -0.493 e. The number of nitriles is 1. The van der Waals surface area contributed by atoms with Crippen molar-refractivity contribution in [3.63, 3.8) is 0 Å². The van der Waals surface area contributed by atoms with Crippen LogP contribution in [0.3, 0.4) is 0 Å². The van der Waals surface area contributed by atoms with Crippen LogP contribution in [0.25, 0.3) is 23.0 Å². The number of carbonyl (C=O) groups is 1. The minimum atomic E-state index is -1.30. The third kappa shape index (κ3) is 3.71. The summed E-state index contributed by atoms with van der Waals surface area (Å²) in [5.74, 6) is -0.217. The molecule has 0 radical (unpaired) electrons. The number of ether oxygens (including phenoxy) is 2. The van der Waals surface area contributed by atoms with Crippen molar-refractivity contribution in [2.24, 2.45) is 0 Å². The molecule has 7 nitrogen and oxygen atoms in total. The van der Waals surface area contributed by atoms with E-state index in [1.807, 2.05) is 30.3 Å². The number of rotatable bonds is 6. The molecule has 1 N–H and O–H groups in total. The summed E-state index contributed by atoms with van der Waals surface area (Å²) in [6, 6.07) is 16.4.